The molecule has 0 aliphatic heterocycles. The highest BCUT2D eigenvalue weighted by molar-refractivity contribution is 6.05. The SMILES string of the molecule is CN/C(=C\C(N)=NC(C)=O)c1cccc(-c2cc(NC(=O)c3ccnc(C(F)(F)F)c3)ccc2C)c1. The molecule has 0 atom stereocenters. The van der Waals surface area contributed by atoms with Gasteiger partial charge in [-0.1, -0.05) is 24.3 Å². The molecule has 2 amide bonds. The lowest BCUT2D eigenvalue weighted by Gasteiger charge is -2.13. The molecule has 186 valence electrons. The molecule has 0 bridgehead atoms. The van der Waals surface area contributed by atoms with Gasteiger partial charge < -0.3 is 16.4 Å². The Morgan fingerprint density at radius 3 is 2.47 bits per heavy atom. The largest absolute Gasteiger partial charge is 0.433 e. The van der Waals surface area contributed by atoms with Gasteiger partial charge in [-0.3, -0.25) is 14.6 Å². The van der Waals surface area contributed by atoms with Crippen molar-refractivity contribution in [3.8, 4) is 11.1 Å². The Bertz CT molecular complexity index is 1360. The first-order valence-corrected chi connectivity index (χ1v) is 10.8. The first kappa shape index (κ1) is 26.1. The first-order chi connectivity index (χ1) is 17.0. The van der Waals surface area contributed by atoms with Gasteiger partial charge in [0.25, 0.3) is 5.91 Å². The number of aryl methyl sites for hydroxylation is 1. The molecule has 0 saturated carbocycles. The molecule has 10 heteroatoms. The number of benzene rings is 2. The Morgan fingerprint density at radius 1 is 1.06 bits per heavy atom. The zero-order valence-electron chi connectivity index (χ0n) is 19.8. The number of amides is 2. The second kappa shape index (κ2) is 10.9. The van der Waals surface area contributed by atoms with Crippen molar-refractivity contribution in [1.82, 2.24) is 10.3 Å². The van der Waals surface area contributed by atoms with E-state index in [0.29, 0.717) is 17.5 Å². The maximum atomic E-state index is 13.0. The van der Waals surface area contributed by atoms with Crippen LogP contribution < -0.4 is 16.4 Å². The summed E-state index contributed by atoms with van der Waals surface area (Å²) >= 11 is 0. The number of pyridine rings is 1. The Balaban J connectivity index is 1.92. The van der Waals surface area contributed by atoms with E-state index in [1.165, 1.54) is 13.0 Å². The highest BCUT2D eigenvalue weighted by Crippen LogP contribution is 2.30. The van der Waals surface area contributed by atoms with Crippen LogP contribution in [0.4, 0.5) is 18.9 Å². The van der Waals surface area contributed by atoms with Gasteiger partial charge in [-0.25, -0.2) is 0 Å². The number of nitrogens with zero attached hydrogens (tertiary/aromatic N) is 2. The van der Waals surface area contributed by atoms with Gasteiger partial charge in [0.1, 0.15) is 11.5 Å². The van der Waals surface area contributed by atoms with E-state index in [0.717, 1.165) is 28.5 Å². The van der Waals surface area contributed by atoms with E-state index >= 15 is 0 Å². The molecule has 0 unspecified atom stereocenters. The van der Waals surface area contributed by atoms with Crippen LogP contribution >= 0.6 is 0 Å². The topological polar surface area (TPSA) is 109 Å². The lowest BCUT2D eigenvalue weighted by molar-refractivity contribution is -0.141. The highest BCUT2D eigenvalue weighted by Gasteiger charge is 2.33. The standard InChI is InChI=1S/C26H24F3N5O2/c1-15-7-8-20(34-25(36)19-9-10-32-23(12-19)26(27,28)29)13-21(15)17-5-4-6-18(11-17)22(31-3)14-24(30)33-16(2)35/h4-14,31H,1-3H3,(H,34,36)(H2,30,33,35)/b22-14-. The van der Waals surface area contributed by atoms with E-state index < -0.39 is 23.7 Å². The molecule has 0 aliphatic carbocycles. The van der Waals surface area contributed by atoms with Crippen molar-refractivity contribution in [3.63, 3.8) is 0 Å². The maximum Gasteiger partial charge on any atom is 0.433 e. The second-order valence-electron chi connectivity index (χ2n) is 7.86. The quantitative estimate of drug-likeness (QED) is 0.336. The summed E-state index contributed by atoms with van der Waals surface area (Å²) in [5.41, 5.74) is 8.90. The zero-order valence-corrected chi connectivity index (χ0v) is 19.8. The van der Waals surface area contributed by atoms with Crippen molar-refractivity contribution in [3.05, 3.63) is 89.3 Å². The summed E-state index contributed by atoms with van der Waals surface area (Å²) in [7, 11) is 1.71. The first-order valence-electron chi connectivity index (χ1n) is 10.8. The zero-order chi connectivity index (χ0) is 26.5. The van der Waals surface area contributed by atoms with E-state index in [1.54, 1.807) is 31.3 Å². The lowest BCUT2D eigenvalue weighted by atomic mass is 9.97. The summed E-state index contributed by atoms with van der Waals surface area (Å²) in [5.74, 6) is -1.04. The van der Waals surface area contributed by atoms with Crippen molar-refractivity contribution in [1.29, 1.82) is 0 Å². The third-order valence-electron chi connectivity index (χ3n) is 5.14. The van der Waals surface area contributed by atoms with E-state index in [-0.39, 0.29) is 11.4 Å². The Kier molecular flexibility index (Phi) is 7.88. The van der Waals surface area contributed by atoms with Gasteiger partial charge in [0.05, 0.1) is 0 Å². The number of aromatic nitrogens is 1. The van der Waals surface area contributed by atoms with Gasteiger partial charge in [0.15, 0.2) is 0 Å². The van der Waals surface area contributed by atoms with Crippen LogP contribution in [0.1, 0.15) is 34.1 Å². The minimum Gasteiger partial charge on any atom is -0.388 e. The van der Waals surface area contributed by atoms with Gasteiger partial charge in [0.2, 0.25) is 5.91 Å². The van der Waals surface area contributed by atoms with Gasteiger partial charge >= 0.3 is 6.18 Å². The molecule has 3 rings (SSSR count). The predicted octanol–water partition coefficient (Wildman–Crippen LogP) is 4.79. The lowest BCUT2D eigenvalue weighted by Crippen LogP contribution is -2.15. The molecule has 1 heterocycles. The summed E-state index contributed by atoms with van der Waals surface area (Å²) in [5, 5.41) is 5.68. The van der Waals surface area contributed by atoms with Gasteiger partial charge in [-0.2, -0.15) is 18.2 Å². The average Bonchev–Trinajstić information content (AvgIpc) is 2.83. The van der Waals surface area contributed by atoms with Gasteiger partial charge in [-0.05, 0) is 59.5 Å². The molecular formula is C26H24F3N5O2. The average molecular weight is 496 g/mol. The van der Waals surface area contributed by atoms with Crippen molar-refractivity contribution in [2.45, 2.75) is 20.0 Å². The van der Waals surface area contributed by atoms with Crippen molar-refractivity contribution in [2.24, 2.45) is 10.7 Å². The number of hydrogen-bond acceptors (Lipinski definition) is 4. The molecule has 2 aromatic carbocycles. The Labute approximate surface area is 206 Å². The normalized spacial score (nSPS) is 12.3. The molecule has 0 fully saturated rings. The van der Waals surface area contributed by atoms with E-state index in [1.807, 2.05) is 31.2 Å². The van der Waals surface area contributed by atoms with E-state index in [2.05, 4.69) is 20.6 Å². The van der Waals surface area contributed by atoms with Gasteiger partial charge in [0, 0.05) is 43.2 Å². The molecule has 1 aromatic heterocycles. The van der Waals surface area contributed by atoms with Crippen LogP contribution in [0.3, 0.4) is 0 Å². The summed E-state index contributed by atoms with van der Waals surface area (Å²) in [6.07, 6.45) is -2.15. The Hall–Kier alpha value is -4.47. The maximum absolute atomic E-state index is 13.0. The molecule has 0 spiro atoms. The third-order valence-corrected chi connectivity index (χ3v) is 5.14. The number of carbonyl (C=O) groups is 2. The summed E-state index contributed by atoms with van der Waals surface area (Å²) in [6.45, 7) is 3.21. The van der Waals surface area contributed by atoms with E-state index in [4.69, 9.17) is 5.73 Å². The van der Waals surface area contributed by atoms with Crippen LogP contribution in [-0.4, -0.2) is 29.7 Å². The number of alkyl halides is 3. The molecule has 36 heavy (non-hydrogen) atoms. The number of halogens is 3. The fourth-order valence-corrected chi connectivity index (χ4v) is 3.46. The summed E-state index contributed by atoms with van der Waals surface area (Å²) in [4.78, 5) is 30.8. The highest BCUT2D eigenvalue weighted by atomic mass is 19.4. The number of rotatable bonds is 6. The van der Waals surface area contributed by atoms with Crippen LogP contribution in [0, 0.1) is 6.92 Å². The smallest absolute Gasteiger partial charge is 0.388 e. The fourth-order valence-electron chi connectivity index (χ4n) is 3.46. The number of carbonyl (C=O) groups excluding carboxylic acids is 2. The van der Waals surface area contributed by atoms with Gasteiger partial charge in [-0.15, -0.1) is 0 Å². The molecule has 7 nitrogen and oxygen atoms in total. The molecule has 0 saturated heterocycles. The van der Waals surface area contributed by atoms with Crippen LogP contribution in [0.2, 0.25) is 0 Å². The second-order valence-corrected chi connectivity index (χ2v) is 7.86. The van der Waals surface area contributed by atoms with Crippen LogP contribution in [0.5, 0.6) is 0 Å². The molecule has 3 aromatic rings. The number of nitrogens with two attached hydrogens (primary N) is 1. The number of amidine groups is 1. The number of anilines is 1. The summed E-state index contributed by atoms with van der Waals surface area (Å²) in [6, 6.07) is 14.6. The number of hydrogen-bond donors (Lipinski definition) is 3. The fraction of sp³-hybridized carbons (Fsp3) is 0.154. The van der Waals surface area contributed by atoms with Crippen LogP contribution in [0.25, 0.3) is 16.8 Å². The van der Waals surface area contributed by atoms with Crippen molar-refractivity contribution in [2.75, 3.05) is 12.4 Å². The minimum absolute atomic E-state index is 0.0583. The molecule has 0 aliphatic rings. The third kappa shape index (κ3) is 6.56. The van der Waals surface area contributed by atoms with Crippen LogP contribution in [0.15, 0.2) is 71.9 Å². The van der Waals surface area contributed by atoms with E-state index in [9.17, 15) is 22.8 Å². The van der Waals surface area contributed by atoms with Crippen molar-refractivity contribution >= 4 is 29.0 Å². The minimum atomic E-state index is -4.65. The monoisotopic (exact) mass is 495 g/mol. The Morgan fingerprint density at radius 2 is 1.81 bits per heavy atom. The molecule has 0 radical (unpaired) electrons. The molecular weight excluding hydrogens is 471 g/mol. The number of nitrogens with one attached hydrogen (secondary N) is 2. The summed E-state index contributed by atoms with van der Waals surface area (Å²) < 4.78 is 38.9. The number of aliphatic imine (C=N–C) groups is 1. The molecule has 4 N–H and O–H groups in total. The van der Waals surface area contributed by atoms with Crippen LogP contribution in [-0.2, 0) is 11.0 Å². The van der Waals surface area contributed by atoms with Crippen molar-refractivity contribution < 1.29 is 22.8 Å². The predicted molar refractivity (Wildman–Crippen MR) is 133 cm³/mol.